The molecule has 0 atom stereocenters. The molecule has 6 nitrogen and oxygen atoms in total. The fourth-order valence-corrected chi connectivity index (χ4v) is 2.93. The van der Waals surface area contributed by atoms with Gasteiger partial charge in [-0.3, -0.25) is 9.59 Å². The van der Waals surface area contributed by atoms with Gasteiger partial charge >= 0.3 is 0 Å². The molecule has 0 bridgehead atoms. The zero-order valence-electron chi connectivity index (χ0n) is 16.2. The summed E-state index contributed by atoms with van der Waals surface area (Å²) < 4.78 is 10.9. The molecule has 2 aromatic carbocycles. The number of fused-ring (bicyclic) bond motifs is 1. The van der Waals surface area contributed by atoms with Crippen molar-refractivity contribution in [3.05, 3.63) is 64.4 Å². The first kappa shape index (κ1) is 19.5. The number of pyridine rings is 1. The lowest BCUT2D eigenvalue weighted by Gasteiger charge is -2.14. The van der Waals surface area contributed by atoms with E-state index >= 15 is 0 Å². The van der Waals surface area contributed by atoms with Crippen molar-refractivity contribution >= 4 is 22.5 Å². The van der Waals surface area contributed by atoms with Crippen LogP contribution in [0.3, 0.4) is 0 Å². The molecular weight excluding hydrogens is 356 g/mol. The molecule has 28 heavy (non-hydrogen) atoms. The van der Waals surface area contributed by atoms with Crippen molar-refractivity contribution in [2.24, 2.45) is 0 Å². The van der Waals surface area contributed by atoms with Gasteiger partial charge in [-0.2, -0.15) is 0 Å². The predicted octanol–water partition coefficient (Wildman–Crippen LogP) is 3.90. The summed E-state index contributed by atoms with van der Waals surface area (Å²) in [6, 6.07) is 14.6. The van der Waals surface area contributed by atoms with Crippen LogP contribution in [0, 0.1) is 0 Å². The summed E-state index contributed by atoms with van der Waals surface area (Å²) in [4.78, 5) is 27.5. The number of benzene rings is 2. The van der Waals surface area contributed by atoms with Crippen LogP contribution in [0.15, 0.2) is 53.3 Å². The first-order valence-corrected chi connectivity index (χ1v) is 9.21. The molecule has 6 heteroatoms. The number of aryl methyl sites for hydroxylation is 1. The Hall–Kier alpha value is -3.28. The first-order valence-electron chi connectivity index (χ1n) is 9.21. The van der Waals surface area contributed by atoms with Crippen molar-refractivity contribution in [3.63, 3.8) is 0 Å². The predicted molar refractivity (Wildman–Crippen MR) is 110 cm³/mol. The number of rotatable bonds is 7. The molecule has 1 amide bonds. The molecule has 1 aromatic heterocycles. The van der Waals surface area contributed by atoms with Gasteiger partial charge in [0.05, 0.1) is 18.9 Å². The molecule has 0 saturated carbocycles. The molecular formula is C22H24N2O4. The maximum atomic E-state index is 12.4. The van der Waals surface area contributed by atoms with Gasteiger partial charge in [0.1, 0.15) is 11.5 Å². The molecule has 3 rings (SSSR count). The van der Waals surface area contributed by atoms with Crippen molar-refractivity contribution in [2.75, 3.05) is 12.4 Å². The van der Waals surface area contributed by atoms with Gasteiger partial charge in [-0.15, -0.1) is 0 Å². The highest BCUT2D eigenvalue weighted by Crippen LogP contribution is 2.25. The van der Waals surface area contributed by atoms with E-state index in [-0.39, 0.29) is 24.0 Å². The van der Waals surface area contributed by atoms with E-state index in [1.54, 1.807) is 31.4 Å². The van der Waals surface area contributed by atoms with Gasteiger partial charge < -0.3 is 19.8 Å². The van der Waals surface area contributed by atoms with Gasteiger partial charge in [-0.1, -0.05) is 12.1 Å². The Labute approximate surface area is 163 Å². The topological polar surface area (TPSA) is 80.4 Å². The summed E-state index contributed by atoms with van der Waals surface area (Å²) >= 11 is 0. The third-order valence-electron chi connectivity index (χ3n) is 4.27. The third kappa shape index (κ3) is 4.71. The third-order valence-corrected chi connectivity index (χ3v) is 4.27. The van der Waals surface area contributed by atoms with E-state index in [9.17, 15) is 9.59 Å². The molecule has 0 aliphatic rings. The summed E-state index contributed by atoms with van der Waals surface area (Å²) in [6.07, 6.45) is 0.530. The smallest absolute Gasteiger partial charge is 0.251 e. The SMILES string of the molecule is COc1ccc2[nH]c(=O)c(CCC(=O)Nc3ccccc3OC(C)C)cc2c1. The van der Waals surface area contributed by atoms with E-state index in [0.29, 0.717) is 29.2 Å². The molecule has 0 aliphatic carbocycles. The molecule has 146 valence electrons. The molecule has 0 unspecified atom stereocenters. The number of nitrogens with one attached hydrogen (secondary N) is 2. The maximum Gasteiger partial charge on any atom is 0.251 e. The average molecular weight is 380 g/mol. The van der Waals surface area contributed by atoms with Crippen LogP contribution < -0.4 is 20.3 Å². The number of amides is 1. The zero-order chi connectivity index (χ0) is 20.1. The quantitative estimate of drug-likeness (QED) is 0.652. The van der Waals surface area contributed by atoms with Crippen LogP contribution in [0.25, 0.3) is 10.9 Å². The summed E-state index contributed by atoms with van der Waals surface area (Å²) in [5.41, 5.74) is 1.73. The summed E-state index contributed by atoms with van der Waals surface area (Å²) in [5, 5.41) is 3.73. The second-order valence-electron chi connectivity index (χ2n) is 6.79. The summed E-state index contributed by atoms with van der Waals surface area (Å²) in [6.45, 7) is 3.86. The van der Waals surface area contributed by atoms with Crippen LogP contribution in [0.4, 0.5) is 5.69 Å². The number of hydrogen-bond donors (Lipinski definition) is 2. The lowest BCUT2D eigenvalue weighted by molar-refractivity contribution is -0.116. The normalized spacial score (nSPS) is 10.9. The van der Waals surface area contributed by atoms with Gasteiger partial charge in [0.15, 0.2) is 0 Å². The molecule has 3 aromatic rings. The fraction of sp³-hybridized carbons (Fsp3) is 0.273. The highest BCUT2D eigenvalue weighted by Gasteiger charge is 2.11. The Kier molecular flexibility index (Phi) is 5.99. The van der Waals surface area contributed by atoms with Crippen LogP contribution >= 0.6 is 0 Å². The second kappa shape index (κ2) is 8.61. The van der Waals surface area contributed by atoms with Gasteiger partial charge in [0.25, 0.3) is 5.56 Å². The Balaban J connectivity index is 1.71. The molecule has 0 saturated heterocycles. The Bertz CT molecular complexity index is 1040. The van der Waals surface area contributed by atoms with Crippen LogP contribution in [0.5, 0.6) is 11.5 Å². The molecule has 1 heterocycles. The largest absolute Gasteiger partial charge is 0.497 e. The minimum absolute atomic E-state index is 0.00574. The number of H-pyrrole nitrogens is 1. The Morgan fingerprint density at radius 2 is 1.93 bits per heavy atom. The van der Waals surface area contributed by atoms with Gasteiger partial charge in [-0.25, -0.2) is 0 Å². The van der Waals surface area contributed by atoms with E-state index in [0.717, 1.165) is 10.9 Å². The molecule has 0 aliphatic heterocycles. The maximum absolute atomic E-state index is 12.4. The number of hydrogen-bond acceptors (Lipinski definition) is 4. The number of para-hydroxylation sites is 2. The van der Waals surface area contributed by atoms with Crippen LogP contribution in [-0.2, 0) is 11.2 Å². The average Bonchev–Trinajstić information content (AvgIpc) is 2.67. The molecule has 0 radical (unpaired) electrons. The van der Waals surface area contributed by atoms with E-state index in [1.165, 1.54) is 0 Å². The minimum Gasteiger partial charge on any atom is -0.497 e. The fourth-order valence-electron chi connectivity index (χ4n) is 2.93. The van der Waals surface area contributed by atoms with E-state index in [4.69, 9.17) is 9.47 Å². The van der Waals surface area contributed by atoms with Crippen molar-refractivity contribution < 1.29 is 14.3 Å². The lowest BCUT2D eigenvalue weighted by atomic mass is 10.1. The zero-order valence-corrected chi connectivity index (χ0v) is 16.2. The van der Waals surface area contributed by atoms with Gasteiger partial charge in [-0.05, 0) is 56.7 Å². The summed E-state index contributed by atoms with van der Waals surface area (Å²) in [7, 11) is 1.60. The van der Waals surface area contributed by atoms with Crippen LogP contribution in [0.1, 0.15) is 25.8 Å². The number of carbonyl (C=O) groups is 1. The molecule has 2 N–H and O–H groups in total. The molecule has 0 spiro atoms. The van der Waals surface area contributed by atoms with Crippen LogP contribution in [-0.4, -0.2) is 24.1 Å². The highest BCUT2D eigenvalue weighted by molar-refractivity contribution is 5.92. The second-order valence-corrected chi connectivity index (χ2v) is 6.79. The summed E-state index contributed by atoms with van der Waals surface area (Å²) in [5.74, 6) is 1.16. The van der Waals surface area contributed by atoms with Crippen molar-refractivity contribution in [1.82, 2.24) is 4.98 Å². The van der Waals surface area contributed by atoms with E-state index in [2.05, 4.69) is 10.3 Å². The minimum atomic E-state index is -0.186. The molecule has 0 fully saturated rings. The first-order chi connectivity index (χ1) is 13.5. The number of ether oxygens (including phenoxy) is 2. The number of methoxy groups -OCH3 is 1. The standard InChI is InChI=1S/C22H24N2O4/c1-14(2)28-20-7-5-4-6-19(20)23-21(25)11-8-15-12-16-13-17(27-3)9-10-18(16)24-22(15)26/h4-7,9-10,12-14H,8,11H2,1-3H3,(H,23,25)(H,24,26). The van der Waals surface area contributed by atoms with Crippen molar-refractivity contribution in [3.8, 4) is 11.5 Å². The van der Waals surface area contributed by atoms with E-state index in [1.807, 2.05) is 38.1 Å². The number of carbonyl (C=O) groups excluding carboxylic acids is 1. The number of aromatic nitrogens is 1. The van der Waals surface area contributed by atoms with Crippen LogP contribution in [0.2, 0.25) is 0 Å². The van der Waals surface area contributed by atoms with E-state index < -0.39 is 0 Å². The highest BCUT2D eigenvalue weighted by atomic mass is 16.5. The Morgan fingerprint density at radius 1 is 1.14 bits per heavy atom. The number of aromatic amines is 1. The Morgan fingerprint density at radius 3 is 2.68 bits per heavy atom. The van der Waals surface area contributed by atoms with Crippen molar-refractivity contribution in [1.29, 1.82) is 0 Å². The lowest BCUT2D eigenvalue weighted by Crippen LogP contribution is -2.18. The monoisotopic (exact) mass is 380 g/mol. The van der Waals surface area contributed by atoms with Gasteiger partial charge in [0.2, 0.25) is 5.91 Å². The number of anilines is 1. The van der Waals surface area contributed by atoms with Crippen molar-refractivity contribution in [2.45, 2.75) is 32.8 Å². The van der Waals surface area contributed by atoms with Gasteiger partial charge in [0, 0.05) is 22.9 Å².